The van der Waals surface area contributed by atoms with Crippen LogP contribution < -0.4 is 11.1 Å². The molecule has 3 aromatic carbocycles. The van der Waals surface area contributed by atoms with Crippen LogP contribution in [0, 0.1) is 12.3 Å². The van der Waals surface area contributed by atoms with Crippen LogP contribution in [-0.4, -0.2) is 11.7 Å². The highest BCUT2D eigenvalue weighted by molar-refractivity contribution is 5.95. The molecular weight excluding hydrogens is 362 g/mol. The maximum absolute atomic E-state index is 12.9. The minimum absolute atomic E-state index is 0.00213. The number of nitrogens with one attached hydrogen (secondary N) is 2. The van der Waals surface area contributed by atoms with E-state index in [0.29, 0.717) is 12.1 Å². The van der Waals surface area contributed by atoms with Crippen molar-refractivity contribution in [1.82, 2.24) is 5.32 Å². The van der Waals surface area contributed by atoms with Crippen LogP contribution in [-0.2, 0) is 22.7 Å². The van der Waals surface area contributed by atoms with E-state index in [1.807, 2.05) is 73.7 Å². The van der Waals surface area contributed by atoms with E-state index in [9.17, 15) is 4.79 Å². The first kappa shape index (κ1) is 20.3. The van der Waals surface area contributed by atoms with Gasteiger partial charge in [0.15, 0.2) is 6.10 Å². The van der Waals surface area contributed by atoms with E-state index in [1.165, 1.54) is 5.56 Å². The van der Waals surface area contributed by atoms with Crippen molar-refractivity contribution < 1.29 is 9.53 Å². The number of nitrogen functional groups attached to an aromatic ring is 1. The van der Waals surface area contributed by atoms with Crippen molar-refractivity contribution in [2.45, 2.75) is 26.2 Å². The molecule has 1 amide bonds. The highest BCUT2D eigenvalue weighted by Crippen LogP contribution is 2.20. The van der Waals surface area contributed by atoms with Gasteiger partial charge in [0.1, 0.15) is 5.84 Å². The van der Waals surface area contributed by atoms with Gasteiger partial charge in [0, 0.05) is 12.1 Å². The van der Waals surface area contributed by atoms with Crippen LogP contribution in [0.5, 0.6) is 0 Å². The molecule has 0 radical (unpaired) electrons. The molecule has 0 fully saturated rings. The van der Waals surface area contributed by atoms with Crippen LogP contribution >= 0.6 is 0 Å². The monoisotopic (exact) mass is 387 g/mol. The second-order valence-corrected chi connectivity index (χ2v) is 6.92. The number of amides is 1. The summed E-state index contributed by atoms with van der Waals surface area (Å²) in [4.78, 5) is 12.9. The molecule has 3 aromatic rings. The molecule has 3 rings (SSSR count). The molecule has 1 atom stereocenters. The predicted molar refractivity (Wildman–Crippen MR) is 114 cm³/mol. The number of ether oxygens (including phenoxy) is 1. The normalized spacial score (nSPS) is 11.6. The lowest BCUT2D eigenvalue weighted by Gasteiger charge is -2.18. The van der Waals surface area contributed by atoms with Gasteiger partial charge in [-0.15, -0.1) is 0 Å². The molecule has 0 aliphatic heterocycles. The molecule has 4 N–H and O–H groups in total. The Morgan fingerprint density at radius 1 is 1.00 bits per heavy atom. The Labute approximate surface area is 171 Å². The minimum atomic E-state index is -0.734. The predicted octanol–water partition coefficient (Wildman–Crippen LogP) is 3.85. The number of carbonyl (C=O) groups excluding carboxylic acids is 1. The quantitative estimate of drug-likeness (QED) is 0.405. The standard InChI is InChI=1S/C24H25N3O2/c1-17-10-12-18(13-11-17)15-27-24(28)22(20-7-3-2-4-8-20)29-16-19-6-5-9-21(14-19)23(25)26/h2-14,22H,15-16H2,1H3,(H3,25,26)(H,27,28)/t22-/m1/s1. The number of aryl methyl sites for hydroxylation is 1. The summed E-state index contributed by atoms with van der Waals surface area (Å²) in [5.74, 6) is -0.193. The van der Waals surface area contributed by atoms with Crippen molar-refractivity contribution in [2.24, 2.45) is 5.73 Å². The van der Waals surface area contributed by atoms with Crippen molar-refractivity contribution >= 4 is 11.7 Å². The van der Waals surface area contributed by atoms with Gasteiger partial charge in [-0.3, -0.25) is 10.2 Å². The molecule has 0 saturated heterocycles. The lowest BCUT2D eigenvalue weighted by Crippen LogP contribution is -2.30. The summed E-state index contributed by atoms with van der Waals surface area (Å²) in [5, 5.41) is 10.5. The molecule has 0 aliphatic rings. The Kier molecular flexibility index (Phi) is 6.76. The molecule has 29 heavy (non-hydrogen) atoms. The Bertz CT molecular complexity index is 969. The number of amidine groups is 1. The highest BCUT2D eigenvalue weighted by Gasteiger charge is 2.21. The van der Waals surface area contributed by atoms with Gasteiger partial charge < -0.3 is 15.8 Å². The fourth-order valence-corrected chi connectivity index (χ4v) is 2.95. The number of benzene rings is 3. The molecule has 5 nitrogen and oxygen atoms in total. The zero-order valence-electron chi connectivity index (χ0n) is 16.4. The Hall–Kier alpha value is -3.44. The van der Waals surface area contributed by atoms with Crippen molar-refractivity contribution in [2.75, 3.05) is 0 Å². The van der Waals surface area contributed by atoms with Gasteiger partial charge in [0.05, 0.1) is 6.61 Å². The Balaban J connectivity index is 1.71. The number of hydrogen-bond donors (Lipinski definition) is 3. The van der Waals surface area contributed by atoms with Crippen molar-refractivity contribution in [3.63, 3.8) is 0 Å². The molecule has 0 saturated carbocycles. The maximum atomic E-state index is 12.9. The molecule has 0 unspecified atom stereocenters. The van der Waals surface area contributed by atoms with Crippen molar-refractivity contribution in [1.29, 1.82) is 5.41 Å². The van der Waals surface area contributed by atoms with Gasteiger partial charge >= 0.3 is 0 Å². The first-order valence-corrected chi connectivity index (χ1v) is 9.46. The molecule has 0 aromatic heterocycles. The summed E-state index contributed by atoms with van der Waals surface area (Å²) in [5.41, 5.74) is 10.0. The fourth-order valence-electron chi connectivity index (χ4n) is 2.95. The molecular formula is C24H25N3O2. The van der Waals surface area contributed by atoms with Crippen molar-refractivity contribution in [3.05, 3.63) is 107 Å². The second kappa shape index (κ2) is 9.66. The van der Waals surface area contributed by atoms with E-state index in [1.54, 1.807) is 12.1 Å². The van der Waals surface area contributed by atoms with E-state index >= 15 is 0 Å². The zero-order valence-corrected chi connectivity index (χ0v) is 16.4. The summed E-state index contributed by atoms with van der Waals surface area (Å²) < 4.78 is 5.99. The smallest absolute Gasteiger partial charge is 0.254 e. The first-order chi connectivity index (χ1) is 14.0. The average molecular weight is 387 g/mol. The van der Waals surface area contributed by atoms with Gasteiger partial charge in [-0.05, 0) is 29.7 Å². The summed E-state index contributed by atoms with van der Waals surface area (Å²) in [7, 11) is 0. The minimum Gasteiger partial charge on any atom is -0.384 e. The third kappa shape index (κ3) is 5.77. The summed E-state index contributed by atoms with van der Waals surface area (Å²) in [6.45, 7) is 2.70. The van der Waals surface area contributed by atoms with Crippen LogP contribution in [0.1, 0.15) is 33.9 Å². The fraction of sp³-hybridized carbons (Fsp3) is 0.167. The van der Waals surface area contributed by atoms with E-state index in [4.69, 9.17) is 15.9 Å². The second-order valence-electron chi connectivity index (χ2n) is 6.92. The topological polar surface area (TPSA) is 88.2 Å². The highest BCUT2D eigenvalue weighted by atomic mass is 16.5. The zero-order chi connectivity index (χ0) is 20.6. The summed E-state index contributed by atoms with van der Waals surface area (Å²) in [6, 6.07) is 24.8. The number of rotatable bonds is 8. The van der Waals surface area contributed by atoms with E-state index in [-0.39, 0.29) is 18.3 Å². The summed E-state index contributed by atoms with van der Waals surface area (Å²) >= 11 is 0. The van der Waals surface area contributed by atoms with Gasteiger partial charge in [-0.25, -0.2) is 0 Å². The molecule has 0 aliphatic carbocycles. The molecule has 148 valence electrons. The van der Waals surface area contributed by atoms with Crippen LogP contribution in [0.2, 0.25) is 0 Å². The van der Waals surface area contributed by atoms with Gasteiger partial charge in [-0.1, -0.05) is 78.4 Å². The van der Waals surface area contributed by atoms with Gasteiger partial charge in [0.25, 0.3) is 5.91 Å². The van der Waals surface area contributed by atoms with Crippen LogP contribution in [0.25, 0.3) is 0 Å². The molecule has 0 heterocycles. The van der Waals surface area contributed by atoms with E-state index < -0.39 is 6.10 Å². The number of nitrogens with two attached hydrogens (primary N) is 1. The first-order valence-electron chi connectivity index (χ1n) is 9.46. The Morgan fingerprint density at radius 2 is 1.72 bits per heavy atom. The van der Waals surface area contributed by atoms with Crippen LogP contribution in [0.3, 0.4) is 0 Å². The van der Waals surface area contributed by atoms with Gasteiger partial charge in [-0.2, -0.15) is 0 Å². The maximum Gasteiger partial charge on any atom is 0.254 e. The molecule has 5 heteroatoms. The molecule has 0 spiro atoms. The van der Waals surface area contributed by atoms with Crippen LogP contribution in [0.15, 0.2) is 78.9 Å². The van der Waals surface area contributed by atoms with Crippen LogP contribution in [0.4, 0.5) is 0 Å². The lowest BCUT2D eigenvalue weighted by molar-refractivity contribution is -0.134. The van der Waals surface area contributed by atoms with Crippen molar-refractivity contribution in [3.8, 4) is 0 Å². The SMILES string of the molecule is Cc1ccc(CNC(=O)[C@H](OCc2cccc(C(=N)N)c2)c2ccccc2)cc1. The average Bonchev–Trinajstić information content (AvgIpc) is 2.74. The summed E-state index contributed by atoms with van der Waals surface area (Å²) in [6.07, 6.45) is -0.734. The van der Waals surface area contributed by atoms with Gasteiger partial charge in [0.2, 0.25) is 0 Å². The third-order valence-corrected chi connectivity index (χ3v) is 4.58. The Morgan fingerprint density at radius 3 is 2.41 bits per heavy atom. The third-order valence-electron chi connectivity index (χ3n) is 4.58. The largest absolute Gasteiger partial charge is 0.384 e. The van der Waals surface area contributed by atoms with E-state index in [2.05, 4.69) is 5.32 Å². The number of carbonyl (C=O) groups is 1. The lowest BCUT2D eigenvalue weighted by atomic mass is 10.1. The number of hydrogen-bond acceptors (Lipinski definition) is 3. The molecule has 0 bridgehead atoms. The van der Waals surface area contributed by atoms with E-state index in [0.717, 1.165) is 16.7 Å².